The summed E-state index contributed by atoms with van der Waals surface area (Å²) in [6.07, 6.45) is 0.403. The molecule has 0 spiro atoms. The average molecular weight is 409 g/mol. The third-order valence-electron chi connectivity index (χ3n) is 4.54. The summed E-state index contributed by atoms with van der Waals surface area (Å²) in [5, 5.41) is 3.22. The van der Waals surface area contributed by atoms with Crippen LogP contribution in [0.1, 0.15) is 16.8 Å². The van der Waals surface area contributed by atoms with Gasteiger partial charge < -0.3 is 14.8 Å². The van der Waals surface area contributed by atoms with E-state index in [4.69, 9.17) is 19.3 Å². The second-order valence-corrected chi connectivity index (χ2v) is 6.40. The minimum absolute atomic E-state index is 0.403. The largest absolute Gasteiger partial charge is 0.496 e. The van der Waals surface area contributed by atoms with Crippen molar-refractivity contribution in [1.29, 1.82) is 0 Å². The fraction of sp³-hybridized carbons (Fsp3) is 0.217. The normalized spacial score (nSPS) is 9.77. The molecule has 3 rings (SSSR count). The van der Waals surface area contributed by atoms with Crippen LogP contribution in [0, 0.1) is 13.8 Å². The molecule has 0 saturated heterocycles. The number of carbonyl (C=O) groups excluding carboxylic acids is 1. The molecule has 30 heavy (non-hydrogen) atoms. The molecule has 1 amide bonds. The number of ether oxygens (including phenoxy) is 2. The molecule has 4 N–H and O–H groups in total. The van der Waals surface area contributed by atoms with Gasteiger partial charge in [-0.2, -0.15) is 0 Å². The Labute approximate surface area is 177 Å². The van der Waals surface area contributed by atoms with Crippen LogP contribution < -0.4 is 26.1 Å². The van der Waals surface area contributed by atoms with Gasteiger partial charge >= 0.3 is 0 Å². The molecule has 0 bridgehead atoms. The molecule has 0 aliphatic heterocycles. The van der Waals surface area contributed by atoms with Crippen molar-refractivity contribution in [2.75, 3.05) is 19.5 Å². The maximum atomic E-state index is 8.94. The topological polar surface area (TPSA) is 98.5 Å². The van der Waals surface area contributed by atoms with Gasteiger partial charge in [-0.05, 0) is 49.7 Å². The van der Waals surface area contributed by atoms with Gasteiger partial charge in [0.15, 0.2) is 0 Å². The fourth-order valence-electron chi connectivity index (χ4n) is 2.99. The molecule has 158 valence electrons. The van der Waals surface area contributed by atoms with Gasteiger partial charge in [0.1, 0.15) is 18.1 Å². The Bertz CT molecular complexity index is 976. The van der Waals surface area contributed by atoms with Crippen LogP contribution >= 0.6 is 0 Å². The van der Waals surface area contributed by atoms with Gasteiger partial charge in [-0.25, -0.2) is 10.8 Å². The van der Waals surface area contributed by atoms with Crippen LogP contribution in [0.5, 0.6) is 11.5 Å². The van der Waals surface area contributed by atoms with E-state index in [2.05, 4.69) is 30.2 Å². The van der Waals surface area contributed by atoms with Crippen molar-refractivity contribution in [3.05, 3.63) is 71.4 Å². The maximum Gasteiger partial charge on any atom is 0.221 e. The zero-order chi connectivity index (χ0) is 21.9. The van der Waals surface area contributed by atoms with E-state index >= 15 is 0 Å². The Kier molecular flexibility index (Phi) is 8.65. The van der Waals surface area contributed by atoms with E-state index in [1.807, 2.05) is 56.4 Å². The number of anilines is 1. The van der Waals surface area contributed by atoms with E-state index in [9.17, 15) is 0 Å². The third-order valence-corrected chi connectivity index (χ3v) is 4.54. The minimum Gasteiger partial charge on any atom is -0.496 e. The molecule has 0 aliphatic rings. The van der Waals surface area contributed by atoms with Gasteiger partial charge in [0.25, 0.3) is 0 Å². The van der Waals surface area contributed by atoms with Gasteiger partial charge in [-0.1, -0.05) is 24.3 Å². The van der Waals surface area contributed by atoms with Crippen molar-refractivity contribution in [2.45, 2.75) is 20.5 Å². The number of aromatic nitrogens is 1. The lowest BCUT2D eigenvalue weighted by Crippen LogP contribution is -2.18. The highest BCUT2D eigenvalue weighted by Gasteiger charge is 2.11. The summed E-state index contributed by atoms with van der Waals surface area (Å²) in [6.45, 7) is 4.56. The predicted octanol–water partition coefficient (Wildman–Crippen LogP) is 3.60. The number of benzene rings is 2. The number of nitrogens with zero attached hydrogens (tertiary/aromatic N) is 1. The number of carbonyl (C=O) groups is 1. The number of hydrogen-bond acceptors (Lipinski definition) is 6. The number of hydrazine groups is 1. The van der Waals surface area contributed by atoms with Crippen molar-refractivity contribution in [1.82, 2.24) is 10.4 Å². The smallest absolute Gasteiger partial charge is 0.221 e. The first-order valence-corrected chi connectivity index (χ1v) is 9.45. The van der Waals surface area contributed by atoms with E-state index in [1.54, 1.807) is 12.5 Å². The first-order valence-electron chi connectivity index (χ1n) is 9.45. The third kappa shape index (κ3) is 5.71. The number of amides is 1. The molecule has 7 nitrogen and oxygen atoms in total. The molecule has 0 aliphatic carbocycles. The molecule has 3 aromatic rings. The summed E-state index contributed by atoms with van der Waals surface area (Å²) in [5.74, 6) is 6.01. The van der Waals surface area contributed by atoms with Gasteiger partial charge in [-0.15, -0.1) is 0 Å². The van der Waals surface area contributed by atoms with Crippen LogP contribution in [0.4, 0.5) is 5.69 Å². The van der Waals surface area contributed by atoms with Gasteiger partial charge in [-0.3, -0.25) is 10.2 Å². The second kappa shape index (κ2) is 11.4. The molecule has 0 atom stereocenters. The van der Waals surface area contributed by atoms with Crippen LogP contribution in [0.25, 0.3) is 11.3 Å². The highest BCUT2D eigenvalue weighted by molar-refractivity contribution is 5.67. The van der Waals surface area contributed by atoms with Gasteiger partial charge in [0.05, 0.1) is 18.5 Å². The van der Waals surface area contributed by atoms with Crippen LogP contribution in [0.15, 0.2) is 54.6 Å². The Morgan fingerprint density at radius 1 is 1.03 bits per heavy atom. The standard InChI is InChI=1S/C22H24N2O2.CH4N2O/c1-15-8-7-10-19(23-3)18(15)14-26-21-13-12-20(24-16(21)2)17-9-5-6-11-22(17)25-4;2-3-1-4/h5-13,23H,14H2,1-4H3;1H,2H2,(H,3,4). The van der Waals surface area contributed by atoms with Crippen molar-refractivity contribution in [3.63, 3.8) is 0 Å². The van der Waals surface area contributed by atoms with Crippen LogP contribution in [0.3, 0.4) is 0 Å². The minimum atomic E-state index is 0.403. The summed E-state index contributed by atoms with van der Waals surface area (Å²) < 4.78 is 11.5. The van der Waals surface area contributed by atoms with Crippen molar-refractivity contribution >= 4 is 12.1 Å². The lowest BCUT2D eigenvalue weighted by Gasteiger charge is -2.15. The Hall–Kier alpha value is -3.58. The monoisotopic (exact) mass is 408 g/mol. The number of para-hydroxylation sites is 1. The highest BCUT2D eigenvalue weighted by Crippen LogP contribution is 2.30. The number of nitrogens with one attached hydrogen (secondary N) is 2. The van der Waals surface area contributed by atoms with Crippen LogP contribution in [-0.4, -0.2) is 25.6 Å². The van der Waals surface area contributed by atoms with E-state index in [1.165, 1.54) is 5.56 Å². The number of pyridine rings is 1. The Morgan fingerprint density at radius 3 is 2.40 bits per heavy atom. The Balaban J connectivity index is 0.000000735. The molecule has 2 aromatic carbocycles. The number of rotatable bonds is 7. The van der Waals surface area contributed by atoms with Crippen molar-refractivity contribution < 1.29 is 14.3 Å². The van der Waals surface area contributed by atoms with Gasteiger partial charge in [0, 0.05) is 23.9 Å². The predicted molar refractivity (Wildman–Crippen MR) is 119 cm³/mol. The van der Waals surface area contributed by atoms with Crippen LogP contribution in [0.2, 0.25) is 0 Å². The lowest BCUT2D eigenvalue weighted by molar-refractivity contribution is -0.109. The molecule has 0 radical (unpaired) electrons. The summed E-state index contributed by atoms with van der Waals surface area (Å²) >= 11 is 0. The molecule has 7 heteroatoms. The highest BCUT2D eigenvalue weighted by atomic mass is 16.5. The Morgan fingerprint density at radius 2 is 1.77 bits per heavy atom. The summed E-state index contributed by atoms with van der Waals surface area (Å²) in [6, 6.07) is 18.0. The van der Waals surface area contributed by atoms with E-state index in [0.717, 1.165) is 39.7 Å². The van der Waals surface area contributed by atoms with E-state index in [0.29, 0.717) is 13.0 Å². The lowest BCUT2D eigenvalue weighted by atomic mass is 10.1. The summed E-state index contributed by atoms with van der Waals surface area (Å²) in [5.41, 5.74) is 7.89. The molecule has 0 saturated carbocycles. The number of nitrogens with two attached hydrogens (primary N) is 1. The SMILES string of the molecule is CNc1cccc(C)c1COc1ccc(-c2ccccc2OC)nc1C.NNC=O. The zero-order valence-electron chi connectivity index (χ0n) is 17.7. The molecule has 1 aromatic heterocycles. The molecule has 0 fully saturated rings. The number of hydrogen-bond donors (Lipinski definition) is 3. The molecular weight excluding hydrogens is 380 g/mol. The first kappa shape index (κ1) is 22.7. The second-order valence-electron chi connectivity index (χ2n) is 6.40. The van der Waals surface area contributed by atoms with E-state index < -0.39 is 0 Å². The number of methoxy groups -OCH3 is 1. The van der Waals surface area contributed by atoms with Gasteiger partial charge in [0.2, 0.25) is 6.41 Å². The molecule has 0 unspecified atom stereocenters. The fourth-order valence-corrected chi connectivity index (χ4v) is 2.99. The van der Waals surface area contributed by atoms with E-state index in [-0.39, 0.29) is 0 Å². The zero-order valence-corrected chi connectivity index (χ0v) is 17.7. The van der Waals surface area contributed by atoms with Crippen LogP contribution in [-0.2, 0) is 11.4 Å². The summed E-state index contributed by atoms with van der Waals surface area (Å²) in [7, 11) is 3.60. The molecular formula is C23H28N4O3. The number of aryl methyl sites for hydroxylation is 2. The first-order chi connectivity index (χ1) is 14.5. The van der Waals surface area contributed by atoms with Crippen molar-refractivity contribution in [2.24, 2.45) is 5.84 Å². The summed E-state index contributed by atoms with van der Waals surface area (Å²) in [4.78, 5) is 13.6. The maximum absolute atomic E-state index is 8.94. The quantitative estimate of drug-likeness (QED) is 0.239. The molecule has 1 heterocycles. The van der Waals surface area contributed by atoms with Crippen molar-refractivity contribution in [3.8, 4) is 22.8 Å². The average Bonchev–Trinajstić information content (AvgIpc) is 2.78.